The molecule has 0 heterocycles. The average molecular weight is 216 g/mol. The van der Waals surface area contributed by atoms with Crippen molar-refractivity contribution in [2.45, 2.75) is 19.8 Å². The minimum atomic E-state index is -0.655. The number of benzene rings is 1. The number of carbonyl (C=O) groups is 1. The Hall–Kier alpha value is -1.57. The van der Waals surface area contributed by atoms with Gasteiger partial charge in [-0.2, -0.15) is 0 Å². The van der Waals surface area contributed by atoms with E-state index >= 15 is 0 Å². The highest BCUT2D eigenvalue weighted by atomic mass is 16.4. The zero-order chi connectivity index (χ0) is 11.5. The van der Waals surface area contributed by atoms with Crippen molar-refractivity contribution in [1.29, 1.82) is 0 Å². The first-order valence-corrected chi connectivity index (χ1v) is 5.70. The van der Waals surface area contributed by atoms with Gasteiger partial charge in [0, 0.05) is 0 Å². The molecule has 1 aromatic rings. The van der Waals surface area contributed by atoms with Crippen molar-refractivity contribution in [1.82, 2.24) is 0 Å². The summed E-state index contributed by atoms with van der Waals surface area (Å²) in [5.74, 6) is -0.532. The number of allylic oxidation sites excluding steroid dienone is 1. The molecule has 0 radical (unpaired) electrons. The molecular formula is C14H16O2. The summed E-state index contributed by atoms with van der Waals surface area (Å²) in [6.07, 6.45) is 3.87. The van der Waals surface area contributed by atoms with E-state index in [4.69, 9.17) is 5.11 Å². The molecule has 0 aliphatic heterocycles. The molecule has 0 saturated heterocycles. The summed E-state index contributed by atoms with van der Waals surface area (Å²) in [4.78, 5) is 10.8. The molecule has 2 heteroatoms. The lowest BCUT2D eigenvalue weighted by Gasteiger charge is -2.03. The first-order valence-electron chi connectivity index (χ1n) is 5.70. The van der Waals surface area contributed by atoms with E-state index in [9.17, 15) is 4.79 Å². The Morgan fingerprint density at radius 2 is 2.06 bits per heavy atom. The SMILES string of the molecule is CC/C(=C\c1ccccc1)C1CC1C(=O)O. The summed E-state index contributed by atoms with van der Waals surface area (Å²) < 4.78 is 0. The van der Waals surface area contributed by atoms with Crippen LogP contribution >= 0.6 is 0 Å². The summed E-state index contributed by atoms with van der Waals surface area (Å²) in [6.45, 7) is 2.09. The van der Waals surface area contributed by atoms with Gasteiger partial charge in [-0.1, -0.05) is 48.9 Å². The van der Waals surface area contributed by atoms with Gasteiger partial charge in [0.05, 0.1) is 5.92 Å². The van der Waals surface area contributed by atoms with Gasteiger partial charge < -0.3 is 5.11 Å². The molecule has 84 valence electrons. The highest BCUT2D eigenvalue weighted by Crippen LogP contribution is 2.45. The molecule has 0 spiro atoms. The van der Waals surface area contributed by atoms with Crippen molar-refractivity contribution in [2.75, 3.05) is 0 Å². The summed E-state index contributed by atoms with van der Waals surface area (Å²) in [5.41, 5.74) is 2.42. The molecule has 1 fully saturated rings. The molecule has 0 bridgehead atoms. The fraction of sp³-hybridized carbons (Fsp3) is 0.357. The summed E-state index contributed by atoms with van der Waals surface area (Å²) in [7, 11) is 0. The van der Waals surface area contributed by atoms with Crippen LogP contribution in [-0.4, -0.2) is 11.1 Å². The first kappa shape index (κ1) is 10.9. The zero-order valence-electron chi connectivity index (χ0n) is 9.39. The minimum absolute atomic E-state index is 0.144. The Morgan fingerprint density at radius 1 is 1.38 bits per heavy atom. The Kier molecular flexibility index (Phi) is 3.09. The van der Waals surface area contributed by atoms with Gasteiger partial charge in [-0.25, -0.2) is 0 Å². The lowest BCUT2D eigenvalue weighted by atomic mass is 10.0. The second-order valence-corrected chi connectivity index (χ2v) is 4.27. The predicted molar refractivity (Wildman–Crippen MR) is 63.9 cm³/mol. The van der Waals surface area contributed by atoms with E-state index in [-0.39, 0.29) is 11.8 Å². The quantitative estimate of drug-likeness (QED) is 0.839. The molecule has 1 saturated carbocycles. The highest BCUT2D eigenvalue weighted by molar-refractivity contribution is 5.75. The van der Waals surface area contributed by atoms with Gasteiger partial charge in [-0.15, -0.1) is 0 Å². The molecule has 0 amide bonds. The van der Waals surface area contributed by atoms with Crippen LogP contribution in [0.15, 0.2) is 35.9 Å². The van der Waals surface area contributed by atoms with Crippen LogP contribution in [0.1, 0.15) is 25.3 Å². The van der Waals surface area contributed by atoms with Crippen molar-refractivity contribution in [3.8, 4) is 0 Å². The summed E-state index contributed by atoms with van der Waals surface area (Å²) >= 11 is 0. The van der Waals surface area contributed by atoms with E-state index in [1.165, 1.54) is 5.57 Å². The number of carboxylic acids is 1. The summed E-state index contributed by atoms with van der Waals surface area (Å²) in [6, 6.07) is 10.1. The molecule has 1 aromatic carbocycles. The lowest BCUT2D eigenvalue weighted by molar-refractivity contribution is -0.138. The van der Waals surface area contributed by atoms with Crippen LogP contribution in [-0.2, 0) is 4.79 Å². The first-order chi connectivity index (χ1) is 7.72. The van der Waals surface area contributed by atoms with E-state index in [0.29, 0.717) is 0 Å². The largest absolute Gasteiger partial charge is 0.481 e. The normalized spacial score (nSPS) is 24.2. The Bertz CT molecular complexity index is 406. The van der Waals surface area contributed by atoms with Crippen molar-refractivity contribution in [3.63, 3.8) is 0 Å². The van der Waals surface area contributed by atoms with Crippen LogP contribution < -0.4 is 0 Å². The predicted octanol–water partition coefficient (Wildman–Crippen LogP) is 3.20. The minimum Gasteiger partial charge on any atom is -0.481 e. The van der Waals surface area contributed by atoms with Crippen molar-refractivity contribution in [2.24, 2.45) is 11.8 Å². The molecule has 2 atom stereocenters. The van der Waals surface area contributed by atoms with E-state index in [1.807, 2.05) is 30.3 Å². The monoisotopic (exact) mass is 216 g/mol. The number of hydrogen-bond donors (Lipinski definition) is 1. The van der Waals surface area contributed by atoms with Gasteiger partial charge >= 0.3 is 5.97 Å². The van der Waals surface area contributed by atoms with E-state index in [2.05, 4.69) is 13.0 Å². The van der Waals surface area contributed by atoms with Crippen LogP contribution in [0, 0.1) is 11.8 Å². The van der Waals surface area contributed by atoms with Crippen molar-refractivity contribution in [3.05, 3.63) is 41.5 Å². The number of hydrogen-bond acceptors (Lipinski definition) is 1. The van der Waals surface area contributed by atoms with E-state index in [0.717, 1.165) is 18.4 Å². The maximum Gasteiger partial charge on any atom is 0.307 e. The highest BCUT2D eigenvalue weighted by Gasteiger charge is 2.44. The third-order valence-corrected chi connectivity index (χ3v) is 3.14. The van der Waals surface area contributed by atoms with Gasteiger partial charge in [0.2, 0.25) is 0 Å². The van der Waals surface area contributed by atoms with Crippen LogP contribution in [0.3, 0.4) is 0 Å². The zero-order valence-corrected chi connectivity index (χ0v) is 9.39. The maximum atomic E-state index is 10.8. The molecule has 1 aliphatic rings. The van der Waals surface area contributed by atoms with Gasteiger partial charge in [0.15, 0.2) is 0 Å². The third kappa shape index (κ3) is 2.32. The molecule has 1 aliphatic carbocycles. The van der Waals surface area contributed by atoms with Crippen molar-refractivity contribution < 1.29 is 9.90 Å². The van der Waals surface area contributed by atoms with E-state index < -0.39 is 5.97 Å². The Labute approximate surface area is 95.6 Å². The van der Waals surface area contributed by atoms with E-state index in [1.54, 1.807) is 0 Å². The fourth-order valence-corrected chi connectivity index (χ4v) is 2.11. The molecule has 2 rings (SSSR count). The third-order valence-electron chi connectivity index (χ3n) is 3.14. The molecule has 2 unspecified atom stereocenters. The topological polar surface area (TPSA) is 37.3 Å². The molecule has 0 aromatic heterocycles. The molecule has 2 nitrogen and oxygen atoms in total. The van der Waals surface area contributed by atoms with Gasteiger partial charge in [-0.05, 0) is 24.3 Å². The Balaban J connectivity index is 2.13. The average Bonchev–Trinajstić information content (AvgIpc) is 3.07. The van der Waals surface area contributed by atoms with Crippen molar-refractivity contribution >= 4 is 12.0 Å². The molecule has 16 heavy (non-hydrogen) atoms. The number of carboxylic acid groups (broad SMARTS) is 1. The lowest BCUT2D eigenvalue weighted by Crippen LogP contribution is -2.00. The van der Waals surface area contributed by atoms with Gasteiger partial charge in [0.25, 0.3) is 0 Å². The summed E-state index contributed by atoms with van der Waals surface area (Å²) in [5, 5.41) is 8.91. The standard InChI is InChI=1S/C14H16O2/c1-2-11(12-9-13(12)14(15)16)8-10-6-4-3-5-7-10/h3-8,12-13H,2,9H2,1H3,(H,15,16)/b11-8+. The number of aliphatic carboxylic acids is 1. The fourth-order valence-electron chi connectivity index (χ4n) is 2.11. The second-order valence-electron chi connectivity index (χ2n) is 4.27. The molecular weight excluding hydrogens is 200 g/mol. The van der Waals surface area contributed by atoms with Crippen LogP contribution in [0.4, 0.5) is 0 Å². The van der Waals surface area contributed by atoms with Gasteiger partial charge in [-0.3, -0.25) is 4.79 Å². The smallest absolute Gasteiger partial charge is 0.307 e. The number of rotatable bonds is 4. The van der Waals surface area contributed by atoms with Gasteiger partial charge in [0.1, 0.15) is 0 Å². The van der Waals surface area contributed by atoms with Crippen LogP contribution in [0.2, 0.25) is 0 Å². The van der Waals surface area contributed by atoms with Crippen LogP contribution in [0.5, 0.6) is 0 Å². The molecule has 1 N–H and O–H groups in total. The van der Waals surface area contributed by atoms with Crippen LogP contribution in [0.25, 0.3) is 6.08 Å². The second kappa shape index (κ2) is 4.52. The Morgan fingerprint density at radius 3 is 2.56 bits per heavy atom. The maximum absolute atomic E-state index is 10.8.